The smallest absolute Gasteiger partial charge is 0.253 e. The second-order valence-electron chi connectivity index (χ2n) is 7.30. The van der Waals surface area contributed by atoms with Crippen LogP contribution in [0.2, 0.25) is 0 Å². The molecule has 0 N–H and O–H groups in total. The maximum atomic E-state index is 13.0. The predicted octanol–water partition coefficient (Wildman–Crippen LogP) is 3.97. The van der Waals surface area contributed by atoms with Crippen molar-refractivity contribution in [3.8, 4) is 16.9 Å². The van der Waals surface area contributed by atoms with E-state index >= 15 is 0 Å². The van der Waals surface area contributed by atoms with E-state index in [2.05, 4.69) is 9.97 Å². The van der Waals surface area contributed by atoms with Crippen LogP contribution in [0.1, 0.15) is 28.9 Å². The number of aromatic nitrogens is 2. The van der Waals surface area contributed by atoms with E-state index in [0.29, 0.717) is 24.5 Å². The van der Waals surface area contributed by atoms with E-state index in [1.165, 1.54) is 0 Å². The van der Waals surface area contributed by atoms with Crippen molar-refractivity contribution in [1.29, 1.82) is 0 Å². The van der Waals surface area contributed by atoms with Gasteiger partial charge in [-0.05, 0) is 48.7 Å². The van der Waals surface area contributed by atoms with E-state index in [1.54, 1.807) is 25.7 Å². The quantitative estimate of drug-likeness (QED) is 0.623. The molecule has 1 aromatic carbocycles. The summed E-state index contributed by atoms with van der Waals surface area (Å²) in [5.41, 5.74) is 3.52. The van der Waals surface area contributed by atoms with Gasteiger partial charge in [0.2, 0.25) is 0 Å². The lowest BCUT2D eigenvalue weighted by Crippen LogP contribution is -2.43. The van der Waals surface area contributed by atoms with Gasteiger partial charge in [0.25, 0.3) is 5.91 Å². The number of carbonyl (C=O) groups excluding carboxylic acids is 1. The summed E-state index contributed by atoms with van der Waals surface area (Å²) in [4.78, 5) is 23.3. The van der Waals surface area contributed by atoms with Crippen LogP contribution < -0.4 is 4.74 Å². The molecule has 30 heavy (non-hydrogen) atoms. The molecule has 3 aromatic rings. The van der Waals surface area contributed by atoms with E-state index in [0.717, 1.165) is 36.2 Å². The summed E-state index contributed by atoms with van der Waals surface area (Å²) in [6.45, 7) is 1.82. The van der Waals surface area contributed by atoms with Gasteiger partial charge >= 0.3 is 0 Å². The monoisotopic (exact) mass is 403 g/mol. The summed E-state index contributed by atoms with van der Waals surface area (Å²) >= 11 is 0. The van der Waals surface area contributed by atoms with Gasteiger partial charge < -0.3 is 14.4 Å². The van der Waals surface area contributed by atoms with Crippen molar-refractivity contribution in [1.82, 2.24) is 14.9 Å². The molecule has 1 unspecified atom stereocenters. The van der Waals surface area contributed by atoms with Gasteiger partial charge in [0.1, 0.15) is 5.75 Å². The van der Waals surface area contributed by atoms with Crippen LogP contribution in [0.5, 0.6) is 5.75 Å². The van der Waals surface area contributed by atoms with Crippen LogP contribution in [0.3, 0.4) is 0 Å². The highest BCUT2D eigenvalue weighted by Gasteiger charge is 2.25. The van der Waals surface area contributed by atoms with Crippen molar-refractivity contribution in [3.63, 3.8) is 0 Å². The van der Waals surface area contributed by atoms with E-state index < -0.39 is 0 Å². The number of likely N-dealkylation sites (tertiary alicyclic amines) is 1. The maximum Gasteiger partial charge on any atom is 0.253 e. The summed E-state index contributed by atoms with van der Waals surface area (Å²) in [7, 11) is 1.63. The van der Waals surface area contributed by atoms with Crippen molar-refractivity contribution in [3.05, 3.63) is 78.4 Å². The highest BCUT2D eigenvalue weighted by atomic mass is 16.5. The van der Waals surface area contributed by atoms with Gasteiger partial charge in [0.05, 0.1) is 31.7 Å². The lowest BCUT2D eigenvalue weighted by molar-refractivity contribution is -0.00785. The fourth-order valence-electron chi connectivity index (χ4n) is 3.70. The van der Waals surface area contributed by atoms with E-state index in [-0.39, 0.29) is 12.0 Å². The van der Waals surface area contributed by atoms with Crippen molar-refractivity contribution in [2.75, 3.05) is 20.2 Å². The predicted molar refractivity (Wildman–Crippen MR) is 114 cm³/mol. The lowest BCUT2D eigenvalue weighted by Gasteiger charge is -2.32. The number of carbonyl (C=O) groups is 1. The van der Waals surface area contributed by atoms with Crippen molar-refractivity contribution in [2.24, 2.45) is 0 Å². The summed E-state index contributed by atoms with van der Waals surface area (Å²) in [5.74, 6) is 0.745. The minimum atomic E-state index is 0.0325. The highest BCUT2D eigenvalue weighted by Crippen LogP contribution is 2.29. The number of rotatable bonds is 6. The zero-order valence-electron chi connectivity index (χ0n) is 17.0. The Bertz CT molecular complexity index is 977. The number of nitrogens with zero attached hydrogens (tertiary/aromatic N) is 3. The van der Waals surface area contributed by atoms with Gasteiger partial charge in [0, 0.05) is 36.6 Å². The Morgan fingerprint density at radius 2 is 2.00 bits per heavy atom. The Hall–Kier alpha value is -3.25. The third kappa shape index (κ3) is 4.66. The largest absolute Gasteiger partial charge is 0.494 e. The first-order chi connectivity index (χ1) is 14.7. The lowest BCUT2D eigenvalue weighted by atomic mass is 10.0. The van der Waals surface area contributed by atoms with Crippen molar-refractivity contribution < 1.29 is 14.3 Å². The number of piperidine rings is 1. The maximum absolute atomic E-state index is 13.0. The van der Waals surface area contributed by atoms with Crippen molar-refractivity contribution in [2.45, 2.75) is 25.6 Å². The molecule has 4 rings (SSSR count). The highest BCUT2D eigenvalue weighted by molar-refractivity contribution is 5.95. The standard InChI is InChI=1S/C24H25N3O3/c1-29-23-15-25-13-11-22(23)18-7-9-19(10-8-18)24(28)27-14-4-6-21(16-27)30-17-20-5-2-3-12-26-20/h2-3,5,7-13,15,21H,4,6,14,16-17H2,1H3. The fourth-order valence-corrected chi connectivity index (χ4v) is 3.70. The van der Waals surface area contributed by atoms with Gasteiger partial charge in [-0.2, -0.15) is 0 Å². The Balaban J connectivity index is 1.40. The molecule has 154 valence electrons. The van der Waals surface area contributed by atoms with Gasteiger partial charge in [0.15, 0.2) is 0 Å². The Morgan fingerprint density at radius 3 is 2.77 bits per heavy atom. The van der Waals surface area contributed by atoms with Crippen LogP contribution in [0, 0.1) is 0 Å². The van der Waals surface area contributed by atoms with Crippen molar-refractivity contribution >= 4 is 5.91 Å². The molecule has 1 atom stereocenters. The van der Waals surface area contributed by atoms with E-state index in [4.69, 9.17) is 9.47 Å². The number of hydrogen-bond acceptors (Lipinski definition) is 5. The van der Waals surface area contributed by atoms with Crippen LogP contribution >= 0.6 is 0 Å². The van der Waals surface area contributed by atoms with Gasteiger partial charge in [-0.25, -0.2) is 0 Å². The second kappa shape index (κ2) is 9.50. The molecule has 0 radical (unpaired) electrons. The number of benzene rings is 1. The molecule has 0 spiro atoms. The average molecular weight is 403 g/mol. The fraction of sp³-hybridized carbons (Fsp3) is 0.292. The van der Waals surface area contributed by atoms with Crippen LogP contribution in [0.25, 0.3) is 11.1 Å². The molecule has 0 saturated carbocycles. The molecule has 2 aromatic heterocycles. The van der Waals surface area contributed by atoms with Gasteiger partial charge in [-0.3, -0.25) is 14.8 Å². The van der Waals surface area contributed by atoms with E-state index in [1.807, 2.05) is 53.4 Å². The van der Waals surface area contributed by atoms with Gasteiger partial charge in [-0.1, -0.05) is 18.2 Å². The third-order valence-electron chi connectivity index (χ3n) is 5.31. The molecule has 6 heteroatoms. The number of amides is 1. The van der Waals surface area contributed by atoms with Crippen LogP contribution in [0.4, 0.5) is 0 Å². The molecule has 1 aliphatic rings. The molecule has 0 bridgehead atoms. The molecular weight excluding hydrogens is 378 g/mol. The summed E-state index contributed by atoms with van der Waals surface area (Å²) in [6.07, 6.45) is 7.11. The molecule has 0 aliphatic carbocycles. The third-order valence-corrected chi connectivity index (χ3v) is 5.31. The van der Waals surface area contributed by atoms with Crippen LogP contribution in [0.15, 0.2) is 67.1 Å². The average Bonchev–Trinajstić information content (AvgIpc) is 2.83. The SMILES string of the molecule is COc1cnccc1-c1ccc(C(=O)N2CCCC(OCc3ccccn3)C2)cc1. The summed E-state index contributed by atoms with van der Waals surface area (Å²) in [5, 5.41) is 0. The Labute approximate surface area is 176 Å². The molecular formula is C24H25N3O3. The molecule has 1 saturated heterocycles. The summed E-state index contributed by atoms with van der Waals surface area (Å²) < 4.78 is 11.4. The van der Waals surface area contributed by atoms with Crippen LogP contribution in [-0.2, 0) is 11.3 Å². The molecule has 1 amide bonds. The van der Waals surface area contributed by atoms with Crippen LogP contribution in [-0.4, -0.2) is 47.1 Å². The Kier molecular flexibility index (Phi) is 6.35. The molecule has 6 nitrogen and oxygen atoms in total. The first kappa shape index (κ1) is 20.0. The zero-order valence-corrected chi connectivity index (χ0v) is 17.0. The number of hydrogen-bond donors (Lipinski definition) is 0. The van der Waals surface area contributed by atoms with E-state index in [9.17, 15) is 4.79 Å². The Morgan fingerprint density at radius 1 is 1.13 bits per heavy atom. The second-order valence-corrected chi connectivity index (χ2v) is 7.30. The first-order valence-corrected chi connectivity index (χ1v) is 10.1. The zero-order chi connectivity index (χ0) is 20.8. The minimum Gasteiger partial charge on any atom is -0.494 e. The number of ether oxygens (including phenoxy) is 2. The molecule has 1 fully saturated rings. The number of pyridine rings is 2. The minimum absolute atomic E-state index is 0.0325. The normalized spacial score (nSPS) is 16.3. The van der Waals surface area contributed by atoms with Gasteiger partial charge in [-0.15, -0.1) is 0 Å². The molecule has 3 heterocycles. The molecule has 1 aliphatic heterocycles. The topological polar surface area (TPSA) is 64.5 Å². The first-order valence-electron chi connectivity index (χ1n) is 10.1. The summed E-state index contributed by atoms with van der Waals surface area (Å²) in [6, 6.07) is 15.3. The number of methoxy groups -OCH3 is 1.